The van der Waals surface area contributed by atoms with Crippen LogP contribution in [0.2, 0.25) is 0 Å². The summed E-state index contributed by atoms with van der Waals surface area (Å²) in [5.41, 5.74) is 0.442. The smallest absolute Gasteiger partial charge is 0.349 e. The molecule has 4 nitrogen and oxygen atoms in total. The van der Waals surface area contributed by atoms with E-state index in [0.29, 0.717) is 10.7 Å². The Hall–Kier alpha value is -2.74. The molecule has 2 heterocycles. The van der Waals surface area contributed by atoms with Crippen LogP contribution in [0.25, 0.3) is 27.6 Å². The van der Waals surface area contributed by atoms with E-state index in [9.17, 15) is 18.0 Å². The highest BCUT2D eigenvalue weighted by atomic mass is 32.2. The number of halogens is 3. The lowest BCUT2D eigenvalue weighted by molar-refractivity contribution is -0.137. The Morgan fingerprint density at radius 1 is 1.11 bits per heavy atom. The quantitative estimate of drug-likeness (QED) is 0.369. The zero-order chi connectivity index (χ0) is 20.1. The van der Waals surface area contributed by atoms with E-state index < -0.39 is 17.3 Å². The molecule has 4 rings (SSSR count). The topological polar surface area (TPSA) is 50.7 Å². The van der Waals surface area contributed by atoms with Gasteiger partial charge in [0.2, 0.25) is 0 Å². The normalized spacial score (nSPS) is 12.4. The van der Waals surface area contributed by atoms with Gasteiger partial charge in [0.25, 0.3) is 5.56 Å². The number of para-hydroxylation sites is 1. The van der Waals surface area contributed by atoms with Crippen LogP contribution in [0.5, 0.6) is 0 Å². The second-order valence-electron chi connectivity index (χ2n) is 6.64. The van der Waals surface area contributed by atoms with Crippen molar-refractivity contribution in [2.45, 2.75) is 30.4 Å². The van der Waals surface area contributed by atoms with Gasteiger partial charge in [0.05, 0.1) is 11.3 Å². The van der Waals surface area contributed by atoms with Crippen LogP contribution in [0.15, 0.2) is 58.5 Å². The van der Waals surface area contributed by atoms with Crippen LogP contribution in [0.1, 0.15) is 19.4 Å². The van der Waals surface area contributed by atoms with Crippen molar-refractivity contribution < 1.29 is 13.2 Å². The van der Waals surface area contributed by atoms with Gasteiger partial charge in [-0.05, 0) is 24.3 Å². The number of hydrogen-bond acceptors (Lipinski definition) is 3. The Kier molecular flexibility index (Phi) is 4.45. The highest BCUT2D eigenvalue weighted by molar-refractivity contribution is 7.99. The molecule has 2 aromatic heterocycles. The number of benzene rings is 2. The number of aromatic amines is 1. The molecule has 0 radical (unpaired) electrons. The van der Waals surface area contributed by atoms with Crippen molar-refractivity contribution in [3.05, 3.63) is 64.4 Å². The van der Waals surface area contributed by atoms with Crippen molar-refractivity contribution in [3.63, 3.8) is 0 Å². The van der Waals surface area contributed by atoms with Gasteiger partial charge in [-0.2, -0.15) is 13.2 Å². The van der Waals surface area contributed by atoms with Gasteiger partial charge in [-0.3, -0.25) is 9.36 Å². The molecule has 4 aromatic rings. The molecular weight excluding hydrogens is 387 g/mol. The van der Waals surface area contributed by atoms with Gasteiger partial charge in [0.1, 0.15) is 11.0 Å². The fourth-order valence-corrected chi connectivity index (χ4v) is 3.94. The van der Waals surface area contributed by atoms with Gasteiger partial charge in [-0.1, -0.05) is 49.9 Å². The van der Waals surface area contributed by atoms with Crippen LogP contribution in [-0.2, 0) is 6.18 Å². The number of rotatable bonds is 3. The fraction of sp³-hybridized carbons (Fsp3) is 0.200. The van der Waals surface area contributed by atoms with Gasteiger partial charge >= 0.3 is 6.18 Å². The Morgan fingerprint density at radius 3 is 2.57 bits per heavy atom. The number of alkyl halides is 3. The Morgan fingerprint density at radius 2 is 1.86 bits per heavy atom. The minimum Gasteiger partial charge on any atom is -0.349 e. The molecule has 0 fully saturated rings. The molecule has 0 atom stereocenters. The molecule has 2 aromatic carbocycles. The van der Waals surface area contributed by atoms with Gasteiger partial charge in [0, 0.05) is 16.2 Å². The zero-order valence-electron chi connectivity index (χ0n) is 15.0. The Labute approximate surface area is 162 Å². The minimum absolute atomic E-state index is 0.0894. The molecule has 1 N–H and O–H groups in total. The molecule has 8 heteroatoms. The SMILES string of the molecule is CC(C)Sc1nc2c([nH]c3ccccc32)c(=O)n1-c1cccc(C(F)(F)F)c1. The van der Waals surface area contributed by atoms with Gasteiger partial charge in [0.15, 0.2) is 5.16 Å². The summed E-state index contributed by atoms with van der Waals surface area (Å²) in [5, 5.41) is 1.25. The number of thioether (sulfide) groups is 1. The van der Waals surface area contributed by atoms with Crippen LogP contribution in [-0.4, -0.2) is 19.8 Å². The largest absolute Gasteiger partial charge is 0.416 e. The lowest BCUT2D eigenvalue weighted by atomic mass is 10.2. The fourth-order valence-electron chi connectivity index (χ4n) is 3.08. The molecule has 28 heavy (non-hydrogen) atoms. The first-order valence-corrected chi connectivity index (χ1v) is 9.51. The summed E-state index contributed by atoms with van der Waals surface area (Å²) >= 11 is 1.33. The summed E-state index contributed by atoms with van der Waals surface area (Å²) in [5.74, 6) is 0. The minimum atomic E-state index is -4.50. The van der Waals surface area contributed by atoms with Gasteiger partial charge in [-0.15, -0.1) is 0 Å². The summed E-state index contributed by atoms with van der Waals surface area (Å²) in [6, 6.07) is 12.1. The highest BCUT2D eigenvalue weighted by Crippen LogP contribution is 2.32. The highest BCUT2D eigenvalue weighted by Gasteiger charge is 2.31. The average molecular weight is 403 g/mol. The molecule has 0 aliphatic carbocycles. The summed E-state index contributed by atoms with van der Waals surface area (Å²) < 4.78 is 40.8. The number of nitrogens with one attached hydrogen (secondary N) is 1. The van der Waals surface area contributed by atoms with Crippen molar-refractivity contribution in [2.75, 3.05) is 0 Å². The maximum Gasteiger partial charge on any atom is 0.416 e. The van der Waals surface area contributed by atoms with Gasteiger partial charge in [-0.25, -0.2) is 4.98 Å². The van der Waals surface area contributed by atoms with Crippen LogP contribution in [0.4, 0.5) is 13.2 Å². The second kappa shape index (κ2) is 6.70. The third-order valence-electron chi connectivity index (χ3n) is 4.27. The Balaban J connectivity index is 2.05. The second-order valence-corrected chi connectivity index (χ2v) is 8.19. The van der Waals surface area contributed by atoms with Crippen molar-refractivity contribution in [2.24, 2.45) is 0 Å². The number of fused-ring (bicyclic) bond motifs is 3. The number of nitrogens with zero attached hydrogens (tertiary/aromatic N) is 2. The third-order valence-corrected chi connectivity index (χ3v) is 5.22. The van der Waals surface area contributed by atoms with E-state index in [1.54, 1.807) is 0 Å². The monoisotopic (exact) mass is 403 g/mol. The molecule has 0 aliphatic rings. The molecule has 0 unspecified atom stereocenters. The molecule has 0 saturated carbocycles. The maximum atomic E-state index is 13.3. The number of hydrogen-bond donors (Lipinski definition) is 1. The first kappa shape index (κ1) is 18.6. The van der Waals surface area contributed by atoms with E-state index in [2.05, 4.69) is 9.97 Å². The third kappa shape index (κ3) is 3.17. The summed E-state index contributed by atoms with van der Waals surface area (Å²) in [7, 11) is 0. The van der Waals surface area contributed by atoms with Crippen molar-refractivity contribution in [1.82, 2.24) is 14.5 Å². The van der Waals surface area contributed by atoms with Crippen molar-refractivity contribution in [3.8, 4) is 5.69 Å². The summed E-state index contributed by atoms with van der Waals surface area (Å²) in [6.07, 6.45) is -4.50. The van der Waals surface area contributed by atoms with E-state index in [-0.39, 0.29) is 16.5 Å². The van der Waals surface area contributed by atoms with E-state index in [1.807, 2.05) is 38.1 Å². The number of aromatic nitrogens is 3. The maximum absolute atomic E-state index is 13.3. The summed E-state index contributed by atoms with van der Waals surface area (Å²) in [4.78, 5) is 21.0. The average Bonchev–Trinajstić information content (AvgIpc) is 3.00. The molecule has 0 saturated heterocycles. The van der Waals surface area contributed by atoms with Crippen LogP contribution < -0.4 is 5.56 Å². The molecule has 0 spiro atoms. The van der Waals surface area contributed by atoms with Crippen molar-refractivity contribution in [1.29, 1.82) is 0 Å². The zero-order valence-corrected chi connectivity index (χ0v) is 15.9. The van der Waals surface area contributed by atoms with Crippen LogP contribution in [0.3, 0.4) is 0 Å². The van der Waals surface area contributed by atoms with Gasteiger partial charge < -0.3 is 4.98 Å². The predicted octanol–water partition coefficient (Wildman–Crippen LogP) is 5.39. The first-order valence-electron chi connectivity index (χ1n) is 8.63. The lowest BCUT2D eigenvalue weighted by Gasteiger charge is -2.15. The van der Waals surface area contributed by atoms with E-state index in [4.69, 9.17) is 0 Å². The van der Waals surface area contributed by atoms with Crippen molar-refractivity contribution >= 4 is 33.7 Å². The lowest BCUT2D eigenvalue weighted by Crippen LogP contribution is -2.22. The number of H-pyrrole nitrogens is 1. The molecular formula is C20H16F3N3OS. The predicted molar refractivity (Wildman–Crippen MR) is 105 cm³/mol. The van der Waals surface area contributed by atoms with E-state index in [0.717, 1.165) is 23.0 Å². The Bertz CT molecular complexity index is 1240. The van der Waals surface area contributed by atoms with Crippen LogP contribution >= 0.6 is 11.8 Å². The van der Waals surface area contributed by atoms with E-state index in [1.165, 1.54) is 28.5 Å². The first-order chi connectivity index (χ1) is 13.3. The molecule has 0 aliphatic heterocycles. The summed E-state index contributed by atoms with van der Waals surface area (Å²) in [6.45, 7) is 3.87. The molecule has 0 amide bonds. The van der Waals surface area contributed by atoms with E-state index >= 15 is 0 Å². The molecule has 0 bridgehead atoms. The van der Waals surface area contributed by atoms with Crippen LogP contribution in [0, 0.1) is 0 Å². The molecule has 144 valence electrons. The standard InChI is InChI=1S/C20H16F3N3OS/c1-11(2)28-19-25-16-14-8-3-4-9-15(14)24-17(16)18(27)26(19)13-7-5-6-12(10-13)20(21,22)23/h3-11,24H,1-2H3.